The van der Waals surface area contributed by atoms with Crippen LogP contribution in [0, 0.1) is 3.57 Å². The Morgan fingerprint density at radius 2 is 2.46 bits per heavy atom. The Bertz CT molecular complexity index is 287. The lowest BCUT2D eigenvalue weighted by Crippen LogP contribution is -2.17. The number of rotatable bonds is 3. The molecule has 0 saturated carbocycles. The quantitative estimate of drug-likeness (QED) is 0.854. The number of ether oxygens (including phenoxy) is 1. The minimum Gasteiger partial charge on any atom is -0.375 e. The number of amides is 1. The van der Waals surface area contributed by atoms with Crippen LogP contribution in [0.2, 0.25) is 0 Å². The van der Waals surface area contributed by atoms with Gasteiger partial charge >= 0.3 is 0 Å². The van der Waals surface area contributed by atoms with Gasteiger partial charge in [-0.15, -0.1) is 0 Å². The Kier molecular flexibility index (Phi) is 4.10. The highest BCUT2D eigenvalue weighted by Gasteiger charge is 2.00. The lowest BCUT2D eigenvalue weighted by Gasteiger charge is -2.02. The molecule has 0 atom stereocenters. The van der Waals surface area contributed by atoms with Gasteiger partial charge < -0.3 is 10.1 Å². The van der Waals surface area contributed by atoms with Crippen LogP contribution in [0.1, 0.15) is 0 Å². The molecule has 1 aromatic heterocycles. The molecule has 1 rings (SSSR count). The van der Waals surface area contributed by atoms with Crippen molar-refractivity contribution in [3.8, 4) is 0 Å². The average Bonchev–Trinajstić information content (AvgIpc) is 2.09. The molecule has 0 bridgehead atoms. The largest absolute Gasteiger partial charge is 0.375 e. The summed E-state index contributed by atoms with van der Waals surface area (Å²) < 4.78 is 5.69. The highest BCUT2D eigenvalue weighted by atomic mass is 127. The van der Waals surface area contributed by atoms with E-state index in [1.165, 1.54) is 7.11 Å². The predicted octanol–water partition coefficient (Wildman–Crippen LogP) is 1.27. The second-order valence-electron chi connectivity index (χ2n) is 2.34. The maximum absolute atomic E-state index is 11.0. The van der Waals surface area contributed by atoms with Crippen molar-refractivity contribution in [1.29, 1.82) is 0 Å². The minimum absolute atomic E-state index is 0.0493. The molecule has 13 heavy (non-hydrogen) atoms. The summed E-state index contributed by atoms with van der Waals surface area (Å²) in [4.78, 5) is 15.0. The van der Waals surface area contributed by atoms with Crippen molar-refractivity contribution in [2.45, 2.75) is 0 Å². The van der Waals surface area contributed by atoms with Crippen molar-refractivity contribution in [2.75, 3.05) is 19.0 Å². The SMILES string of the molecule is COCC(=O)Nc1ccc(I)cn1. The van der Waals surface area contributed by atoms with E-state index in [4.69, 9.17) is 0 Å². The van der Waals surface area contributed by atoms with Crippen LogP contribution in [-0.4, -0.2) is 24.6 Å². The van der Waals surface area contributed by atoms with Crippen molar-refractivity contribution in [3.05, 3.63) is 21.9 Å². The van der Waals surface area contributed by atoms with Crippen LogP contribution < -0.4 is 5.32 Å². The van der Waals surface area contributed by atoms with Gasteiger partial charge in [0.15, 0.2) is 0 Å². The van der Waals surface area contributed by atoms with Gasteiger partial charge in [-0.1, -0.05) is 0 Å². The molecular weight excluding hydrogens is 283 g/mol. The highest BCUT2D eigenvalue weighted by Crippen LogP contribution is 2.06. The zero-order chi connectivity index (χ0) is 9.68. The first kappa shape index (κ1) is 10.4. The number of carbonyl (C=O) groups excluding carboxylic acids is 1. The van der Waals surface area contributed by atoms with Gasteiger partial charge in [-0.2, -0.15) is 0 Å². The third-order valence-electron chi connectivity index (χ3n) is 1.27. The number of anilines is 1. The number of hydrogen-bond donors (Lipinski definition) is 1. The van der Waals surface area contributed by atoms with E-state index in [0.717, 1.165) is 3.57 Å². The van der Waals surface area contributed by atoms with Crippen molar-refractivity contribution >= 4 is 34.3 Å². The van der Waals surface area contributed by atoms with Gasteiger partial charge in [-0.05, 0) is 34.7 Å². The topological polar surface area (TPSA) is 51.2 Å². The van der Waals surface area contributed by atoms with E-state index in [0.29, 0.717) is 5.82 Å². The molecule has 1 N–H and O–H groups in total. The summed E-state index contributed by atoms with van der Waals surface area (Å²) in [5.74, 6) is 0.346. The number of carbonyl (C=O) groups is 1. The normalized spacial score (nSPS) is 9.69. The van der Waals surface area contributed by atoms with E-state index in [2.05, 4.69) is 37.6 Å². The Balaban J connectivity index is 2.54. The third kappa shape index (κ3) is 3.69. The molecule has 0 fully saturated rings. The van der Waals surface area contributed by atoms with Crippen molar-refractivity contribution in [1.82, 2.24) is 4.98 Å². The number of nitrogens with one attached hydrogen (secondary N) is 1. The fourth-order valence-electron chi connectivity index (χ4n) is 0.760. The monoisotopic (exact) mass is 292 g/mol. The molecule has 1 amide bonds. The summed E-state index contributed by atoms with van der Waals surface area (Å²) in [5, 5.41) is 2.59. The second kappa shape index (κ2) is 5.13. The summed E-state index contributed by atoms with van der Waals surface area (Å²) in [6.07, 6.45) is 1.68. The van der Waals surface area contributed by atoms with E-state index >= 15 is 0 Å². The van der Waals surface area contributed by atoms with Crippen molar-refractivity contribution in [2.24, 2.45) is 0 Å². The molecule has 0 saturated heterocycles. The predicted molar refractivity (Wildman–Crippen MR) is 57.5 cm³/mol. The van der Waals surface area contributed by atoms with E-state index in [1.807, 2.05) is 6.07 Å². The first-order valence-electron chi connectivity index (χ1n) is 3.62. The van der Waals surface area contributed by atoms with Gasteiger partial charge in [0.25, 0.3) is 5.91 Å². The van der Waals surface area contributed by atoms with Crippen LogP contribution in [-0.2, 0) is 9.53 Å². The van der Waals surface area contributed by atoms with E-state index in [9.17, 15) is 4.79 Å². The van der Waals surface area contributed by atoms with Crippen LogP contribution in [0.3, 0.4) is 0 Å². The zero-order valence-corrected chi connectivity index (χ0v) is 9.24. The molecule has 0 aromatic carbocycles. The molecule has 0 aliphatic carbocycles. The Morgan fingerprint density at radius 1 is 1.69 bits per heavy atom. The molecule has 1 aromatic rings. The van der Waals surface area contributed by atoms with Crippen LogP contribution >= 0.6 is 22.6 Å². The molecule has 5 heteroatoms. The Labute approximate surface area is 89.8 Å². The maximum atomic E-state index is 11.0. The number of pyridine rings is 1. The number of nitrogens with zero attached hydrogens (tertiary/aromatic N) is 1. The summed E-state index contributed by atoms with van der Waals surface area (Å²) in [6.45, 7) is 0.0493. The number of halogens is 1. The summed E-state index contributed by atoms with van der Waals surface area (Å²) in [5.41, 5.74) is 0. The molecular formula is C8H9IN2O2. The van der Waals surface area contributed by atoms with Crippen molar-refractivity contribution < 1.29 is 9.53 Å². The van der Waals surface area contributed by atoms with Gasteiger partial charge in [-0.3, -0.25) is 4.79 Å². The lowest BCUT2D eigenvalue weighted by molar-refractivity contribution is -0.119. The van der Waals surface area contributed by atoms with Gasteiger partial charge in [0.05, 0.1) is 0 Å². The van der Waals surface area contributed by atoms with Crippen molar-refractivity contribution in [3.63, 3.8) is 0 Å². The van der Waals surface area contributed by atoms with Crippen LogP contribution in [0.25, 0.3) is 0 Å². The lowest BCUT2D eigenvalue weighted by atomic mass is 10.4. The molecule has 4 nitrogen and oxygen atoms in total. The van der Waals surface area contributed by atoms with Crippen LogP contribution in [0.5, 0.6) is 0 Å². The standard InChI is InChI=1S/C8H9IN2O2/c1-13-5-8(12)11-7-3-2-6(9)4-10-7/h2-4H,5H2,1H3,(H,10,11,12). The maximum Gasteiger partial charge on any atom is 0.251 e. The molecule has 0 aliphatic rings. The number of methoxy groups -OCH3 is 1. The first-order valence-corrected chi connectivity index (χ1v) is 4.70. The van der Waals surface area contributed by atoms with E-state index in [-0.39, 0.29) is 12.5 Å². The van der Waals surface area contributed by atoms with E-state index < -0.39 is 0 Å². The molecule has 1 heterocycles. The number of hydrogen-bond acceptors (Lipinski definition) is 3. The minimum atomic E-state index is -0.198. The third-order valence-corrected chi connectivity index (χ3v) is 1.91. The van der Waals surface area contributed by atoms with Gasteiger partial charge in [-0.25, -0.2) is 4.98 Å². The Morgan fingerprint density at radius 3 is 3.00 bits per heavy atom. The van der Waals surface area contributed by atoms with Gasteiger partial charge in [0, 0.05) is 16.9 Å². The van der Waals surface area contributed by atoms with Gasteiger partial charge in [0.2, 0.25) is 0 Å². The summed E-state index contributed by atoms with van der Waals surface area (Å²) in [6, 6.07) is 3.62. The zero-order valence-electron chi connectivity index (χ0n) is 7.08. The number of aromatic nitrogens is 1. The van der Waals surface area contributed by atoms with Gasteiger partial charge in [0.1, 0.15) is 12.4 Å². The molecule has 0 unspecified atom stereocenters. The average molecular weight is 292 g/mol. The second-order valence-corrected chi connectivity index (χ2v) is 3.59. The first-order chi connectivity index (χ1) is 6.22. The van der Waals surface area contributed by atoms with Crippen LogP contribution in [0.15, 0.2) is 18.3 Å². The Hall–Kier alpha value is -0.690. The highest BCUT2D eigenvalue weighted by molar-refractivity contribution is 14.1. The fourth-order valence-corrected chi connectivity index (χ4v) is 1.08. The summed E-state index contributed by atoms with van der Waals surface area (Å²) in [7, 11) is 1.47. The molecule has 0 radical (unpaired) electrons. The summed E-state index contributed by atoms with van der Waals surface area (Å²) >= 11 is 2.15. The smallest absolute Gasteiger partial charge is 0.251 e. The van der Waals surface area contributed by atoms with Crippen LogP contribution in [0.4, 0.5) is 5.82 Å². The molecule has 0 aliphatic heterocycles. The molecule has 70 valence electrons. The fraction of sp³-hybridized carbons (Fsp3) is 0.250. The van der Waals surface area contributed by atoms with E-state index in [1.54, 1.807) is 12.3 Å². The molecule has 0 spiro atoms.